The van der Waals surface area contributed by atoms with Gasteiger partial charge in [-0.1, -0.05) is 25.3 Å². The summed E-state index contributed by atoms with van der Waals surface area (Å²) >= 11 is 0. The Hall–Kier alpha value is -0.300. The van der Waals surface area contributed by atoms with Gasteiger partial charge in [-0.3, -0.25) is 0 Å². The van der Waals surface area contributed by atoms with Crippen molar-refractivity contribution in [3.05, 3.63) is 12.7 Å². The van der Waals surface area contributed by atoms with Gasteiger partial charge in [0, 0.05) is 6.04 Å². The molecule has 0 bridgehead atoms. The molecule has 0 aromatic heterocycles. The van der Waals surface area contributed by atoms with Crippen LogP contribution in [-0.2, 0) is 0 Å². The summed E-state index contributed by atoms with van der Waals surface area (Å²) in [6, 6.07) is 0.836. The third-order valence-corrected chi connectivity index (χ3v) is 4.26. The average Bonchev–Trinajstić information content (AvgIpc) is 2.24. The van der Waals surface area contributed by atoms with Crippen molar-refractivity contribution in [2.45, 2.75) is 57.4 Å². The molecule has 2 aliphatic rings. The molecule has 0 aromatic rings. The van der Waals surface area contributed by atoms with E-state index >= 15 is 0 Å². The van der Waals surface area contributed by atoms with Crippen LogP contribution in [0.2, 0.25) is 0 Å². The summed E-state index contributed by atoms with van der Waals surface area (Å²) in [5.74, 6) is 0. The van der Waals surface area contributed by atoms with Crippen LogP contribution in [0.15, 0.2) is 12.7 Å². The van der Waals surface area contributed by atoms with E-state index in [0.717, 1.165) is 24.4 Å². The first-order chi connectivity index (χ1) is 6.87. The summed E-state index contributed by atoms with van der Waals surface area (Å²) < 4.78 is 0. The number of rotatable bonds is 4. The Bertz CT molecular complexity index is 191. The first-order valence-electron chi connectivity index (χ1n) is 6.22. The minimum Gasteiger partial charge on any atom is -0.313 e. The van der Waals surface area contributed by atoms with E-state index in [-0.39, 0.29) is 0 Å². The van der Waals surface area contributed by atoms with Gasteiger partial charge in [-0.25, -0.2) is 0 Å². The van der Waals surface area contributed by atoms with Crippen LogP contribution in [0.3, 0.4) is 0 Å². The highest BCUT2D eigenvalue weighted by Gasteiger charge is 2.46. The Kier molecular flexibility index (Phi) is 3.27. The van der Waals surface area contributed by atoms with Gasteiger partial charge in [-0.2, -0.15) is 0 Å². The molecule has 0 radical (unpaired) electrons. The summed E-state index contributed by atoms with van der Waals surface area (Å²) in [5.41, 5.74) is 0.722. The Morgan fingerprint density at radius 3 is 2.57 bits per heavy atom. The molecule has 0 saturated heterocycles. The van der Waals surface area contributed by atoms with Gasteiger partial charge in [0.15, 0.2) is 0 Å². The SMILES string of the molecule is C=CCCNC1CCC12CCCCC2. The predicted molar refractivity (Wildman–Crippen MR) is 61.4 cm³/mol. The first kappa shape index (κ1) is 10.2. The molecule has 2 saturated carbocycles. The van der Waals surface area contributed by atoms with E-state index in [1.54, 1.807) is 0 Å². The van der Waals surface area contributed by atoms with Crippen molar-refractivity contribution in [2.75, 3.05) is 6.54 Å². The fraction of sp³-hybridized carbons (Fsp3) is 0.846. The predicted octanol–water partition coefficient (Wildman–Crippen LogP) is 3.27. The smallest absolute Gasteiger partial charge is 0.0124 e. The second-order valence-electron chi connectivity index (χ2n) is 5.05. The Balaban J connectivity index is 1.78. The molecule has 2 rings (SSSR count). The molecule has 2 fully saturated rings. The van der Waals surface area contributed by atoms with E-state index < -0.39 is 0 Å². The van der Waals surface area contributed by atoms with Gasteiger partial charge in [-0.05, 0) is 44.1 Å². The molecule has 0 amide bonds. The lowest BCUT2D eigenvalue weighted by atomic mass is 9.57. The van der Waals surface area contributed by atoms with Gasteiger partial charge in [-0.15, -0.1) is 6.58 Å². The van der Waals surface area contributed by atoms with Crippen LogP contribution >= 0.6 is 0 Å². The molecule has 80 valence electrons. The lowest BCUT2D eigenvalue weighted by Gasteiger charge is -2.52. The highest BCUT2D eigenvalue weighted by molar-refractivity contribution is 5.01. The highest BCUT2D eigenvalue weighted by atomic mass is 15.0. The second kappa shape index (κ2) is 4.48. The third kappa shape index (κ3) is 1.88. The molecule has 0 aromatic carbocycles. The molecule has 1 heteroatoms. The minimum atomic E-state index is 0.722. The molecule has 1 nitrogen and oxygen atoms in total. The summed E-state index contributed by atoms with van der Waals surface area (Å²) in [5, 5.41) is 3.71. The van der Waals surface area contributed by atoms with E-state index in [1.807, 2.05) is 6.08 Å². The maximum Gasteiger partial charge on any atom is 0.0124 e. The van der Waals surface area contributed by atoms with Crippen molar-refractivity contribution in [1.29, 1.82) is 0 Å². The number of hydrogen-bond donors (Lipinski definition) is 1. The highest BCUT2D eigenvalue weighted by Crippen LogP contribution is 2.51. The summed E-state index contributed by atoms with van der Waals surface area (Å²) in [6.07, 6.45) is 13.4. The van der Waals surface area contributed by atoms with Crippen LogP contribution < -0.4 is 5.32 Å². The van der Waals surface area contributed by atoms with E-state index in [9.17, 15) is 0 Å². The normalized spacial score (nSPS) is 29.9. The van der Waals surface area contributed by atoms with Gasteiger partial charge >= 0.3 is 0 Å². The van der Waals surface area contributed by atoms with Crippen molar-refractivity contribution >= 4 is 0 Å². The van der Waals surface area contributed by atoms with Gasteiger partial charge in [0.25, 0.3) is 0 Å². The van der Waals surface area contributed by atoms with E-state index in [0.29, 0.717) is 0 Å². The molecule has 14 heavy (non-hydrogen) atoms. The molecule has 1 N–H and O–H groups in total. The van der Waals surface area contributed by atoms with Gasteiger partial charge in [0.2, 0.25) is 0 Å². The molecule has 1 atom stereocenters. The number of hydrogen-bond acceptors (Lipinski definition) is 1. The van der Waals surface area contributed by atoms with Crippen molar-refractivity contribution < 1.29 is 0 Å². The summed E-state index contributed by atoms with van der Waals surface area (Å²) in [7, 11) is 0. The molecule has 0 aliphatic heterocycles. The Morgan fingerprint density at radius 1 is 1.21 bits per heavy atom. The molecule has 1 unspecified atom stereocenters. The lowest BCUT2D eigenvalue weighted by Crippen LogP contribution is -2.54. The van der Waals surface area contributed by atoms with E-state index in [1.165, 1.54) is 44.9 Å². The fourth-order valence-electron chi connectivity index (χ4n) is 3.23. The summed E-state index contributed by atoms with van der Waals surface area (Å²) in [4.78, 5) is 0. The average molecular weight is 193 g/mol. The van der Waals surface area contributed by atoms with Crippen LogP contribution in [-0.4, -0.2) is 12.6 Å². The Morgan fingerprint density at radius 2 is 2.00 bits per heavy atom. The van der Waals surface area contributed by atoms with Crippen molar-refractivity contribution in [2.24, 2.45) is 5.41 Å². The van der Waals surface area contributed by atoms with Crippen molar-refractivity contribution in [3.63, 3.8) is 0 Å². The fourth-order valence-corrected chi connectivity index (χ4v) is 3.23. The molecule has 1 spiro atoms. The van der Waals surface area contributed by atoms with Gasteiger partial charge in [0.1, 0.15) is 0 Å². The lowest BCUT2D eigenvalue weighted by molar-refractivity contribution is 0.0237. The topological polar surface area (TPSA) is 12.0 Å². The number of nitrogens with one attached hydrogen (secondary N) is 1. The molecule has 2 aliphatic carbocycles. The van der Waals surface area contributed by atoms with E-state index in [2.05, 4.69) is 11.9 Å². The Labute approximate surface area is 88.0 Å². The van der Waals surface area contributed by atoms with Gasteiger partial charge < -0.3 is 5.32 Å². The second-order valence-corrected chi connectivity index (χ2v) is 5.05. The zero-order valence-electron chi connectivity index (χ0n) is 9.23. The molecular formula is C13H23N. The monoisotopic (exact) mass is 193 g/mol. The third-order valence-electron chi connectivity index (χ3n) is 4.26. The van der Waals surface area contributed by atoms with Crippen LogP contribution in [0.4, 0.5) is 0 Å². The maximum absolute atomic E-state index is 3.77. The van der Waals surface area contributed by atoms with Crippen molar-refractivity contribution in [1.82, 2.24) is 5.32 Å². The molecular weight excluding hydrogens is 170 g/mol. The van der Waals surface area contributed by atoms with Crippen LogP contribution in [0.5, 0.6) is 0 Å². The first-order valence-corrected chi connectivity index (χ1v) is 6.22. The quantitative estimate of drug-likeness (QED) is 0.534. The van der Waals surface area contributed by atoms with Crippen LogP contribution in [0.1, 0.15) is 51.4 Å². The largest absolute Gasteiger partial charge is 0.313 e. The van der Waals surface area contributed by atoms with Crippen LogP contribution in [0.25, 0.3) is 0 Å². The van der Waals surface area contributed by atoms with Gasteiger partial charge in [0.05, 0.1) is 0 Å². The van der Waals surface area contributed by atoms with Crippen molar-refractivity contribution in [3.8, 4) is 0 Å². The minimum absolute atomic E-state index is 0.722. The summed E-state index contributed by atoms with van der Waals surface area (Å²) in [6.45, 7) is 4.90. The van der Waals surface area contributed by atoms with E-state index in [4.69, 9.17) is 0 Å². The van der Waals surface area contributed by atoms with Crippen LogP contribution in [0, 0.1) is 5.41 Å². The zero-order valence-corrected chi connectivity index (χ0v) is 9.23. The molecule has 0 heterocycles. The zero-order chi connectivity index (χ0) is 9.86. The standard InChI is InChI=1S/C13H23N/c1-2-3-11-14-12-7-10-13(12)8-5-4-6-9-13/h2,12,14H,1,3-11H2. The maximum atomic E-state index is 3.77.